The first kappa shape index (κ1) is 12.1. The lowest BCUT2D eigenvalue weighted by molar-refractivity contribution is 0.146. The summed E-state index contributed by atoms with van der Waals surface area (Å²) in [7, 11) is 0. The Labute approximate surface area is 118 Å². The lowest BCUT2D eigenvalue weighted by Gasteiger charge is -2.46. The average molecular weight is 272 g/mol. The Balaban J connectivity index is 1.46. The van der Waals surface area contributed by atoms with E-state index in [1.807, 2.05) is 16.8 Å². The van der Waals surface area contributed by atoms with E-state index in [1.54, 1.807) is 0 Å². The third-order valence-corrected chi connectivity index (χ3v) is 4.28. The summed E-state index contributed by atoms with van der Waals surface area (Å²) in [6.45, 7) is 8.73. The minimum Gasteiger partial charge on any atom is -0.336 e. The largest absolute Gasteiger partial charge is 0.336 e. The highest BCUT2D eigenvalue weighted by atomic mass is 15.4. The van der Waals surface area contributed by atoms with Crippen LogP contribution >= 0.6 is 0 Å². The van der Waals surface area contributed by atoms with Crippen LogP contribution in [0.15, 0.2) is 18.3 Å². The fraction of sp³-hybridized carbons (Fsp3) is 0.571. The van der Waals surface area contributed by atoms with Gasteiger partial charge in [-0.3, -0.25) is 4.90 Å². The lowest BCUT2D eigenvalue weighted by Crippen LogP contribution is -2.63. The van der Waals surface area contributed by atoms with Crippen molar-refractivity contribution in [1.29, 1.82) is 0 Å². The predicted octanol–water partition coefficient (Wildman–Crippen LogP) is 0.132. The van der Waals surface area contributed by atoms with Gasteiger partial charge in [-0.15, -0.1) is 5.10 Å². The normalized spacial score (nSPS) is 21.4. The monoisotopic (exact) mass is 272 g/mol. The number of aryl methyl sites for hydroxylation is 1. The van der Waals surface area contributed by atoms with Crippen molar-refractivity contribution in [3.63, 3.8) is 0 Å². The van der Waals surface area contributed by atoms with Gasteiger partial charge in [-0.25, -0.2) is 4.52 Å². The third-order valence-electron chi connectivity index (χ3n) is 4.28. The third kappa shape index (κ3) is 2.05. The van der Waals surface area contributed by atoms with Gasteiger partial charge >= 0.3 is 0 Å². The maximum Gasteiger partial charge on any atom is 0.245 e. The molecule has 4 heterocycles. The van der Waals surface area contributed by atoms with Crippen LogP contribution in [0.25, 0.3) is 5.65 Å². The van der Waals surface area contributed by atoms with Crippen LogP contribution < -0.4 is 10.2 Å². The first-order valence-corrected chi connectivity index (χ1v) is 7.32. The van der Waals surface area contributed by atoms with E-state index >= 15 is 0 Å². The number of hydrogen-bond acceptors (Lipinski definition) is 5. The second-order valence-corrected chi connectivity index (χ2v) is 5.77. The summed E-state index contributed by atoms with van der Waals surface area (Å²) in [5.41, 5.74) is 2.13. The second kappa shape index (κ2) is 4.71. The van der Waals surface area contributed by atoms with E-state index in [0.29, 0.717) is 6.04 Å². The van der Waals surface area contributed by atoms with Crippen molar-refractivity contribution < 1.29 is 0 Å². The maximum atomic E-state index is 4.60. The average Bonchev–Trinajstić information content (AvgIpc) is 2.80. The highest BCUT2D eigenvalue weighted by molar-refractivity contribution is 5.47. The van der Waals surface area contributed by atoms with Crippen molar-refractivity contribution in [3.8, 4) is 0 Å². The summed E-state index contributed by atoms with van der Waals surface area (Å²) in [6, 6.07) is 4.78. The molecule has 0 saturated carbocycles. The highest BCUT2D eigenvalue weighted by Crippen LogP contribution is 2.21. The number of nitrogens with zero attached hydrogens (tertiary/aromatic N) is 5. The number of nitrogens with one attached hydrogen (secondary N) is 1. The van der Waals surface area contributed by atoms with Crippen LogP contribution in [0.2, 0.25) is 0 Å². The number of anilines is 1. The van der Waals surface area contributed by atoms with Gasteiger partial charge in [0.05, 0.1) is 0 Å². The van der Waals surface area contributed by atoms with Crippen molar-refractivity contribution >= 4 is 11.6 Å². The molecule has 2 aliphatic heterocycles. The van der Waals surface area contributed by atoms with E-state index in [4.69, 9.17) is 0 Å². The molecule has 0 aromatic carbocycles. The number of rotatable bonds is 2. The van der Waals surface area contributed by atoms with Crippen molar-refractivity contribution in [1.82, 2.24) is 24.8 Å². The van der Waals surface area contributed by atoms with Crippen LogP contribution in [0, 0.1) is 6.92 Å². The Kier molecular flexibility index (Phi) is 2.85. The molecule has 6 nitrogen and oxygen atoms in total. The molecule has 1 N–H and O–H groups in total. The van der Waals surface area contributed by atoms with Crippen LogP contribution in [-0.4, -0.2) is 64.8 Å². The van der Waals surface area contributed by atoms with Gasteiger partial charge in [0.2, 0.25) is 5.95 Å². The molecule has 0 aliphatic carbocycles. The minimum absolute atomic E-state index is 0.672. The fourth-order valence-electron chi connectivity index (χ4n) is 3.00. The van der Waals surface area contributed by atoms with Gasteiger partial charge < -0.3 is 10.2 Å². The van der Waals surface area contributed by atoms with Crippen LogP contribution in [0.3, 0.4) is 0 Å². The molecule has 106 valence electrons. The topological polar surface area (TPSA) is 48.7 Å². The molecule has 2 aromatic heterocycles. The van der Waals surface area contributed by atoms with E-state index in [2.05, 4.69) is 38.2 Å². The Morgan fingerprint density at radius 3 is 2.80 bits per heavy atom. The summed E-state index contributed by atoms with van der Waals surface area (Å²) in [4.78, 5) is 9.45. The van der Waals surface area contributed by atoms with E-state index in [-0.39, 0.29) is 0 Å². The van der Waals surface area contributed by atoms with E-state index < -0.39 is 0 Å². The molecule has 2 aliphatic rings. The molecule has 0 bridgehead atoms. The maximum absolute atomic E-state index is 4.60. The molecule has 6 heteroatoms. The molecule has 0 unspecified atom stereocenters. The number of piperazine rings is 1. The Bertz CT molecular complexity index is 609. The molecular weight excluding hydrogens is 252 g/mol. The van der Waals surface area contributed by atoms with Crippen LogP contribution in [0.5, 0.6) is 0 Å². The Morgan fingerprint density at radius 2 is 2.00 bits per heavy atom. The van der Waals surface area contributed by atoms with Gasteiger partial charge in [0.15, 0.2) is 5.65 Å². The molecule has 0 atom stereocenters. The number of hydrogen-bond donors (Lipinski definition) is 1. The zero-order chi connectivity index (χ0) is 13.5. The molecule has 0 spiro atoms. The lowest BCUT2D eigenvalue weighted by atomic mass is 10.1. The molecule has 2 aromatic rings. The van der Waals surface area contributed by atoms with Crippen molar-refractivity contribution in [2.24, 2.45) is 0 Å². The summed E-state index contributed by atoms with van der Waals surface area (Å²) in [5.74, 6) is 0.863. The van der Waals surface area contributed by atoms with E-state index in [1.165, 1.54) is 5.56 Å². The molecule has 20 heavy (non-hydrogen) atoms. The molecular formula is C14H20N6. The summed E-state index contributed by atoms with van der Waals surface area (Å²) in [5, 5.41) is 7.98. The van der Waals surface area contributed by atoms with Crippen molar-refractivity contribution in [2.45, 2.75) is 13.0 Å². The first-order chi connectivity index (χ1) is 9.79. The van der Waals surface area contributed by atoms with Crippen LogP contribution in [0.1, 0.15) is 5.56 Å². The summed E-state index contributed by atoms with van der Waals surface area (Å²) in [6.07, 6.45) is 2.03. The molecule has 4 rings (SSSR count). The summed E-state index contributed by atoms with van der Waals surface area (Å²) < 4.78 is 1.88. The molecule has 0 radical (unpaired) electrons. The second-order valence-electron chi connectivity index (χ2n) is 5.77. The van der Waals surface area contributed by atoms with Crippen molar-refractivity contribution in [2.75, 3.05) is 44.2 Å². The predicted molar refractivity (Wildman–Crippen MR) is 78.2 cm³/mol. The van der Waals surface area contributed by atoms with Gasteiger partial charge in [-0.2, -0.15) is 4.98 Å². The SMILES string of the molecule is Cc1ccc2nc(N3CC(N4CCNCC4)C3)nn2c1. The number of aromatic nitrogens is 3. The Morgan fingerprint density at radius 1 is 1.20 bits per heavy atom. The quantitative estimate of drug-likeness (QED) is 0.842. The van der Waals surface area contributed by atoms with Gasteiger partial charge in [0.25, 0.3) is 0 Å². The fourth-order valence-corrected chi connectivity index (χ4v) is 3.00. The standard InChI is InChI=1S/C14H20N6/c1-11-2-3-13-16-14(17-20(13)8-11)19-9-12(10-19)18-6-4-15-5-7-18/h2-3,8,12,15H,4-7,9-10H2,1H3. The highest BCUT2D eigenvalue weighted by Gasteiger charge is 2.34. The zero-order valence-corrected chi connectivity index (χ0v) is 11.8. The van der Waals surface area contributed by atoms with Gasteiger partial charge in [0, 0.05) is 51.5 Å². The molecule has 2 saturated heterocycles. The van der Waals surface area contributed by atoms with E-state index in [9.17, 15) is 0 Å². The molecule has 2 fully saturated rings. The van der Waals surface area contributed by atoms with Crippen LogP contribution in [0.4, 0.5) is 5.95 Å². The van der Waals surface area contributed by atoms with Gasteiger partial charge in [-0.1, -0.05) is 6.07 Å². The number of pyridine rings is 1. The van der Waals surface area contributed by atoms with Crippen LogP contribution in [-0.2, 0) is 0 Å². The Hall–Kier alpha value is -1.66. The minimum atomic E-state index is 0.672. The smallest absolute Gasteiger partial charge is 0.245 e. The molecule has 0 amide bonds. The van der Waals surface area contributed by atoms with E-state index in [0.717, 1.165) is 50.9 Å². The number of fused-ring (bicyclic) bond motifs is 1. The van der Waals surface area contributed by atoms with Gasteiger partial charge in [0.1, 0.15) is 0 Å². The van der Waals surface area contributed by atoms with Gasteiger partial charge in [-0.05, 0) is 18.6 Å². The van der Waals surface area contributed by atoms with Crippen molar-refractivity contribution in [3.05, 3.63) is 23.9 Å². The zero-order valence-electron chi connectivity index (χ0n) is 11.8. The summed E-state index contributed by atoms with van der Waals surface area (Å²) >= 11 is 0. The first-order valence-electron chi connectivity index (χ1n) is 7.32.